The van der Waals surface area contributed by atoms with Crippen molar-refractivity contribution < 1.29 is 18.3 Å². The van der Waals surface area contributed by atoms with Crippen LogP contribution in [0.3, 0.4) is 0 Å². The molecular weight excluding hydrogens is 220 g/mol. The van der Waals surface area contributed by atoms with Gasteiger partial charge in [-0.3, -0.25) is 9.69 Å². The summed E-state index contributed by atoms with van der Waals surface area (Å²) in [6.07, 6.45) is 0. The SMILES string of the molecule is CNC(CN1CCS(=O)(=O)CC1)C(=O)O. The molecule has 88 valence electrons. The molecule has 0 spiro atoms. The second kappa shape index (κ2) is 4.91. The van der Waals surface area contributed by atoms with Crippen molar-refractivity contribution in [2.45, 2.75) is 6.04 Å². The van der Waals surface area contributed by atoms with E-state index in [1.807, 2.05) is 4.90 Å². The molecule has 1 aliphatic heterocycles. The van der Waals surface area contributed by atoms with Crippen molar-refractivity contribution in [3.63, 3.8) is 0 Å². The van der Waals surface area contributed by atoms with E-state index in [1.165, 1.54) is 0 Å². The van der Waals surface area contributed by atoms with Gasteiger partial charge in [0.15, 0.2) is 9.84 Å². The Balaban J connectivity index is 2.44. The summed E-state index contributed by atoms with van der Waals surface area (Å²) in [5.41, 5.74) is 0. The van der Waals surface area contributed by atoms with Gasteiger partial charge in [-0.2, -0.15) is 0 Å². The van der Waals surface area contributed by atoms with Crippen molar-refractivity contribution in [3.05, 3.63) is 0 Å². The third kappa shape index (κ3) is 3.77. The summed E-state index contributed by atoms with van der Waals surface area (Å²) >= 11 is 0. The van der Waals surface area contributed by atoms with Crippen LogP contribution in [0, 0.1) is 0 Å². The first-order chi connectivity index (χ1) is 6.94. The topological polar surface area (TPSA) is 86.7 Å². The number of nitrogens with one attached hydrogen (secondary N) is 1. The Bertz CT molecular complexity index is 314. The van der Waals surface area contributed by atoms with Crippen LogP contribution in [0.4, 0.5) is 0 Å². The number of aliphatic carboxylic acids is 1. The second-order valence-corrected chi connectivity index (χ2v) is 5.94. The van der Waals surface area contributed by atoms with Gasteiger partial charge >= 0.3 is 5.97 Å². The van der Waals surface area contributed by atoms with Crippen LogP contribution in [0.25, 0.3) is 0 Å². The molecule has 0 aromatic carbocycles. The molecule has 0 aromatic rings. The highest BCUT2D eigenvalue weighted by molar-refractivity contribution is 7.91. The molecule has 0 saturated carbocycles. The number of rotatable bonds is 4. The highest BCUT2D eigenvalue weighted by Crippen LogP contribution is 2.04. The fraction of sp³-hybridized carbons (Fsp3) is 0.875. The molecular formula is C8H16N2O4S. The van der Waals surface area contributed by atoms with Gasteiger partial charge in [0.1, 0.15) is 6.04 Å². The second-order valence-electron chi connectivity index (χ2n) is 3.63. The number of hydrogen-bond acceptors (Lipinski definition) is 5. The van der Waals surface area contributed by atoms with E-state index in [0.717, 1.165) is 0 Å². The van der Waals surface area contributed by atoms with E-state index in [-0.39, 0.29) is 11.5 Å². The van der Waals surface area contributed by atoms with E-state index in [9.17, 15) is 13.2 Å². The monoisotopic (exact) mass is 236 g/mol. The first kappa shape index (κ1) is 12.4. The molecule has 0 aliphatic carbocycles. The Hall–Kier alpha value is -0.660. The number of nitrogens with zero attached hydrogens (tertiary/aromatic N) is 1. The van der Waals surface area contributed by atoms with Crippen molar-refractivity contribution in [2.75, 3.05) is 38.2 Å². The summed E-state index contributed by atoms with van der Waals surface area (Å²) < 4.78 is 22.3. The van der Waals surface area contributed by atoms with Gasteiger partial charge in [0.2, 0.25) is 0 Å². The van der Waals surface area contributed by atoms with E-state index in [2.05, 4.69) is 5.32 Å². The first-order valence-corrected chi connectivity index (χ1v) is 6.59. The van der Waals surface area contributed by atoms with Gasteiger partial charge in [-0.1, -0.05) is 0 Å². The number of likely N-dealkylation sites (N-methyl/N-ethyl adjacent to an activating group) is 1. The maximum Gasteiger partial charge on any atom is 0.322 e. The summed E-state index contributed by atoms with van der Waals surface area (Å²) in [6.45, 7) is 1.20. The average molecular weight is 236 g/mol. The quantitative estimate of drug-likeness (QED) is 0.610. The lowest BCUT2D eigenvalue weighted by Gasteiger charge is -2.28. The number of carbonyl (C=O) groups is 1. The van der Waals surface area contributed by atoms with Crippen LogP contribution in [0.15, 0.2) is 0 Å². The first-order valence-electron chi connectivity index (χ1n) is 4.77. The number of hydrogen-bond donors (Lipinski definition) is 2. The Morgan fingerprint density at radius 3 is 2.40 bits per heavy atom. The van der Waals surface area contributed by atoms with Crippen molar-refractivity contribution in [1.29, 1.82) is 0 Å². The summed E-state index contributed by atoms with van der Waals surface area (Å²) in [7, 11) is -1.31. The molecule has 1 heterocycles. The zero-order valence-electron chi connectivity index (χ0n) is 8.64. The molecule has 2 N–H and O–H groups in total. The molecule has 0 radical (unpaired) electrons. The maximum atomic E-state index is 11.1. The van der Waals surface area contributed by atoms with E-state index in [1.54, 1.807) is 7.05 Å². The van der Waals surface area contributed by atoms with E-state index in [4.69, 9.17) is 5.11 Å². The van der Waals surface area contributed by atoms with Gasteiger partial charge in [0.25, 0.3) is 0 Å². The lowest BCUT2D eigenvalue weighted by Crippen LogP contribution is -2.49. The van der Waals surface area contributed by atoms with Gasteiger partial charge in [-0.05, 0) is 7.05 Å². The molecule has 0 amide bonds. The van der Waals surface area contributed by atoms with Crippen molar-refractivity contribution in [2.24, 2.45) is 0 Å². The molecule has 6 nitrogen and oxygen atoms in total. The summed E-state index contributed by atoms with van der Waals surface area (Å²) in [5, 5.41) is 11.5. The standard InChI is InChI=1S/C8H16N2O4S/c1-9-7(8(11)12)6-10-2-4-15(13,14)5-3-10/h7,9H,2-6H2,1H3,(H,11,12). The third-order valence-corrected chi connectivity index (χ3v) is 4.13. The molecule has 1 aliphatic rings. The number of sulfone groups is 1. The Morgan fingerprint density at radius 1 is 1.47 bits per heavy atom. The number of carboxylic acid groups (broad SMARTS) is 1. The van der Waals surface area contributed by atoms with Crippen LogP contribution in [-0.2, 0) is 14.6 Å². The van der Waals surface area contributed by atoms with Crippen LogP contribution in [0.1, 0.15) is 0 Å². The van der Waals surface area contributed by atoms with Crippen molar-refractivity contribution in [3.8, 4) is 0 Å². The molecule has 1 unspecified atom stereocenters. The highest BCUT2D eigenvalue weighted by atomic mass is 32.2. The highest BCUT2D eigenvalue weighted by Gasteiger charge is 2.25. The van der Waals surface area contributed by atoms with Crippen molar-refractivity contribution >= 4 is 15.8 Å². The summed E-state index contributed by atoms with van der Waals surface area (Å²) in [4.78, 5) is 12.6. The molecule has 1 rings (SSSR count). The lowest BCUT2D eigenvalue weighted by molar-refractivity contribution is -0.139. The van der Waals surface area contributed by atoms with Gasteiger partial charge in [0, 0.05) is 19.6 Å². The van der Waals surface area contributed by atoms with Gasteiger partial charge in [-0.25, -0.2) is 8.42 Å². The minimum absolute atomic E-state index is 0.128. The minimum atomic E-state index is -2.89. The Kier molecular flexibility index (Phi) is 4.06. The van der Waals surface area contributed by atoms with Crippen LogP contribution >= 0.6 is 0 Å². The predicted octanol–water partition coefficient (Wildman–Crippen LogP) is -1.61. The van der Waals surface area contributed by atoms with Gasteiger partial charge in [0.05, 0.1) is 11.5 Å². The van der Waals surface area contributed by atoms with E-state index in [0.29, 0.717) is 19.6 Å². The minimum Gasteiger partial charge on any atom is -0.480 e. The zero-order valence-corrected chi connectivity index (χ0v) is 9.46. The van der Waals surface area contributed by atoms with Crippen LogP contribution in [0.2, 0.25) is 0 Å². The third-order valence-electron chi connectivity index (χ3n) is 2.52. The largest absolute Gasteiger partial charge is 0.480 e. The molecule has 0 aromatic heterocycles. The molecule has 15 heavy (non-hydrogen) atoms. The molecule has 1 fully saturated rings. The fourth-order valence-corrected chi connectivity index (χ4v) is 2.76. The molecule has 7 heteroatoms. The van der Waals surface area contributed by atoms with Crippen molar-refractivity contribution in [1.82, 2.24) is 10.2 Å². The number of carboxylic acids is 1. The fourth-order valence-electron chi connectivity index (χ4n) is 1.48. The summed E-state index contributed by atoms with van der Waals surface area (Å²) in [5.74, 6) is -0.655. The maximum absolute atomic E-state index is 11.1. The van der Waals surface area contributed by atoms with Crippen LogP contribution in [-0.4, -0.2) is 68.6 Å². The lowest BCUT2D eigenvalue weighted by atomic mass is 10.2. The van der Waals surface area contributed by atoms with Gasteiger partial charge < -0.3 is 10.4 Å². The Morgan fingerprint density at radius 2 is 2.00 bits per heavy atom. The van der Waals surface area contributed by atoms with Crippen LogP contribution in [0.5, 0.6) is 0 Å². The molecule has 1 atom stereocenters. The predicted molar refractivity (Wildman–Crippen MR) is 55.6 cm³/mol. The average Bonchev–Trinajstić information content (AvgIpc) is 2.15. The van der Waals surface area contributed by atoms with Gasteiger partial charge in [-0.15, -0.1) is 0 Å². The van der Waals surface area contributed by atoms with Crippen LogP contribution < -0.4 is 5.32 Å². The van der Waals surface area contributed by atoms with E-state index >= 15 is 0 Å². The summed E-state index contributed by atoms with van der Waals surface area (Å²) in [6, 6.07) is -0.634. The molecule has 1 saturated heterocycles. The normalized spacial score (nSPS) is 23.5. The molecule has 0 bridgehead atoms. The van der Waals surface area contributed by atoms with E-state index < -0.39 is 21.8 Å². The Labute approximate surface area is 89.2 Å². The zero-order chi connectivity index (χ0) is 11.5. The smallest absolute Gasteiger partial charge is 0.322 e.